The molecule has 3 aromatic heterocycles. The van der Waals surface area contributed by atoms with Gasteiger partial charge in [0.05, 0.1) is 22.6 Å². The molecule has 1 aliphatic carbocycles. The average Bonchev–Trinajstić information content (AvgIpc) is 3.59. The summed E-state index contributed by atoms with van der Waals surface area (Å²) in [5.41, 5.74) is 4.19. The number of carbonyl (C=O) groups excluding carboxylic acids is 1. The molecule has 2 aliphatic rings. The highest BCUT2D eigenvalue weighted by Gasteiger charge is 2.30. The first-order chi connectivity index (χ1) is 20.4. The Bertz CT molecular complexity index is 1770. The summed E-state index contributed by atoms with van der Waals surface area (Å²) in [4.78, 5) is 25.2. The number of halogens is 1. The Hall–Kier alpha value is -4.86. The Morgan fingerprint density at radius 3 is 2.67 bits per heavy atom. The molecule has 0 saturated heterocycles. The van der Waals surface area contributed by atoms with Crippen molar-refractivity contribution in [1.82, 2.24) is 29.3 Å². The SMILES string of the molecule is CC(C)n1cnnc1-c1cccc(NC(=O)c2cc3c(cc2F)N(Cc2ccccc2)CCc2nc(C4CC4)cn2-3)n1. The summed E-state index contributed by atoms with van der Waals surface area (Å²) in [7, 11) is 0. The number of hydrogen-bond donors (Lipinski definition) is 1. The average molecular weight is 563 g/mol. The molecule has 9 nitrogen and oxygen atoms in total. The number of carbonyl (C=O) groups is 1. The topological polar surface area (TPSA) is 93.8 Å². The fourth-order valence-electron chi connectivity index (χ4n) is 5.51. The van der Waals surface area contributed by atoms with E-state index in [9.17, 15) is 4.79 Å². The number of rotatable bonds is 7. The lowest BCUT2D eigenvalue weighted by molar-refractivity contribution is 0.102. The fraction of sp³-hybridized carbons (Fsp3) is 0.281. The van der Waals surface area contributed by atoms with Gasteiger partial charge in [0, 0.05) is 43.7 Å². The van der Waals surface area contributed by atoms with Gasteiger partial charge in [-0.3, -0.25) is 4.79 Å². The molecule has 1 saturated carbocycles. The van der Waals surface area contributed by atoms with Crippen molar-refractivity contribution in [2.75, 3.05) is 16.8 Å². The minimum atomic E-state index is -0.592. The number of benzene rings is 2. The molecule has 4 heterocycles. The van der Waals surface area contributed by atoms with Gasteiger partial charge in [-0.2, -0.15) is 0 Å². The van der Waals surface area contributed by atoms with E-state index in [4.69, 9.17) is 4.98 Å². The van der Waals surface area contributed by atoms with E-state index in [1.165, 1.54) is 6.07 Å². The van der Waals surface area contributed by atoms with Crippen molar-refractivity contribution >= 4 is 17.4 Å². The second-order valence-electron chi connectivity index (χ2n) is 11.2. The van der Waals surface area contributed by atoms with Crippen LogP contribution in [0, 0.1) is 5.82 Å². The molecule has 5 aromatic rings. The van der Waals surface area contributed by atoms with E-state index in [0.29, 0.717) is 36.3 Å². The van der Waals surface area contributed by atoms with Crippen molar-refractivity contribution in [1.29, 1.82) is 0 Å². The molecule has 0 atom stereocenters. The van der Waals surface area contributed by atoms with Gasteiger partial charge in [-0.15, -0.1) is 10.2 Å². The lowest BCUT2D eigenvalue weighted by Gasteiger charge is -2.25. The molecule has 7 rings (SSSR count). The summed E-state index contributed by atoms with van der Waals surface area (Å²) in [6, 6.07) is 18.7. The van der Waals surface area contributed by atoms with E-state index in [-0.39, 0.29) is 11.6 Å². The molecule has 0 bridgehead atoms. The standard InChI is InChI=1S/C32H31FN8O/c1-20(2)41-19-34-38-31(41)25-9-6-10-29(35-25)37-32(42)23-15-28-27(16-24(23)33)39(17-21-7-4-3-5-8-21)14-13-30-36-26(18-40(28)30)22-11-12-22/h3-10,15-16,18-20,22H,11-14,17H2,1-2H3,(H,35,37,42). The molecule has 0 radical (unpaired) electrons. The van der Waals surface area contributed by atoms with Gasteiger partial charge in [0.1, 0.15) is 29.5 Å². The third kappa shape index (κ3) is 4.93. The molecular formula is C32H31FN8O. The van der Waals surface area contributed by atoms with Crippen molar-refractivity contribution in [2.24, 2.45) is 0 Å². The summed E-state index contributed by atoms with van der Waals surface area (Å²) in [5.74, 6) is 1.14. The zero-order valence-electron chi connectivity index (χ0n) is 23.5. The van der Waals surface area contributed by atoms with Crippen LogP contribution in [0.15, 0.2) is 73.2 Å². The monoisotopic (exact) mass is 562 g/mol. The Labute approximate surface area is 243 Å². The molecule has 1 fully saturated rings. The van der Waals surface area contributed by atoms with Crippen LogP contribution in [0.4, 0.5) is 15.9 Å². The third-order valence-corrected chi connectivity index (χ3v) is 7.87. The Balaban J connectivity index is 1.24. The number of hydrogen-bond acceptors (Lipinski definition) is 6. The Morgan fingerprint density at radius 2 is 1.88 bits per heavy atom. The van der Waals surface area contributed by atoms with E-state index in [1.54, 1.807) is 30.6 Å². The predicted octanol–water partition coefficient (Wildman–Crippen LogP) is 5.94. The van der Waals surface area contributed by atoms with Gasteiger partial charge in [0.15, 0.2) is 5.82 Å². The van der Waals surface area contributed by atoms with Crippen molar-refractivity contribution in [3.63, 3.8) is 0 Å². The van der Waals surface area contributed by atoms with Crippen LogP contribution in [-0.4, -0.2) is 41.8 Å². The number of nitrogens with one attached hydrogen (secondary N) is 1. The summed E-state index contributed by atoms with van der Waals surface area (Å²) in [5, 5.41) is 11.0. The number of amides is 1. The number of pyridine rings is 1. The van der Waals surface area contributed by atoms with E-state index >= 15 is 4.39 Å². The highest BCUT2D eigenvalue weighted by Crippen LogP contribution is 2.41. The highest BCUT2D eigenvalue weighted by atomic mass is 19.1. The van der Waals surface area contributed by atoms with E-state index < -0.39 is 11.7 Å². The number of aromatic nitrogens is 6. The fourth-order valence-corrected chi connectivity index (χ4v) is 5.51. The van der Waals surface area contributed by atoms with Gasteiger partial charge < -0.3 is 19.4 Å². The maximum absolute atomic E-state index is 15.8. The predicted molar refractivity (Wildman–Crippen MR) is 158 cm³/mol. The zero-order valence-corrected chi connectivity index (χ0v) is 23.5. The summed E-state index contributed by atoms with van der Waals surface area (Å²) >= 11 is 0. The van der Waals surface area contributed by atoms with Gasteiger partial charge in [0.2, 0.25) is 0 Å². The first kappa shape index (κ1) is 26.1. The molecule has 42 heavy (non-hydrogen) atoms. The zero-order chi connectivity index (χ0) is 28.8. The molecule has 1 aliphatic heterocycles. The molecule has 0 unspecified atom stereocenters. The highest BCUT2D eigenvalue weighted by molar-refractivity contribution is 6.05. The van der Waals surface area contributed by atoms with Crippen LogP contribution in [0.2, 0.25) is 0 Å². The first-order valence-electron chi connectivity index (χ1n) is 14.3. The summed E-state index contributed by atoms with van der Waals surface area (Å²) in [6.45, 7) is 5.36. The second kappa shape index (κ2) is 10.5. The Kier molecular flexibility index (Phi) is 6.53. The van der Waals surface area contributed by atoms with Gasteiger partial charge in [0.25, 0.3) is 5.91 Å². The third-order valence-electron chi connectivity index (χ3n) is 7.87. The quantitative estimate of drug-likeness (QED) is 0.264. The van der Waals surface area contributed by atoms with E-state index in [2.05, 4.69) is 43.7 Å². The van der Waals surface area contributed by atoms with Crippen molar-refractivity contribution < 1.29 is 9.18 Å². The lowest BCUT2D eigenvalue weighted by atomic mass is 10.1. The van der Waals surface area contributed by atoms with Crippen LogP contribution in [0.25, 0.3) is 17.2 Å². The minimum Gasteiger partial charge on any atom is -0.365 e. The molecule has 2 aromatic carbocycles. The number of imidazole rings is 1. The maximum atomic E-state index is 15.8. The second-order valence-corrected chi connectivity index (χ2v) is 11.2. The number of nitrogens with zero attached hydrogens (tertiary/aromatic N) is 7. The normalized spacial score (nSPS) is 14.4. The van der Waals surface area contributed by atoms with Crippen molar-refractivity contribution in [3.05, 3.63) is 102 Å². The molecular weight excluding hydrogens is 531 g/mol. The Morgan fingerprint density at radius 1 is 1.05 bits per heavy atom. The smallest absolute Gasteiger partial charge is 0.259 e. The van der Waals surface area contributed by atoms with Gasteiger partial charge in [-0.05, 0) is 50.5 Å². The van der Waals surface area contributed by atoms with Crippen LogP contribution in [0.5, 0.6) is 0 Å². The van der Waals surface area contributed by atoms with Crippen molar-refractivity contribution in [2.45, 2.75) is 51.6 Å². The van der Waals surface area contributed by atoms with Gasteiger partial charge >= 0.3 is 0 Å². The summed E-state index contributed by atoms with van der Waals surface area (Å²) < 4.78 is 19.7. The van der Waals surface area contributed by atoms with Crippen LogP contribution in [0.3, 0.4) is 0 Å². The van der Waals surface area contributed by atoms with Gasteiger partial charge in [-0.1, -0.05) is 36.4 Å². The van der Waals surface area contributed by atoms with Crippen LogP contribution >= 0.6 is 0 Å². The molecule has 1 amide bonds. The van der Waals surface area contributed by atoms with Gasteiger partial charge in [-0.25, -0.2) is 14.4 Å². The minimum absolute atomic E-state index is 0.0551. The lowest BCUT2D eigenvalue weighted by Crippen LogP contribution is -2.25. The van der Waals surface area contributed by atoms with Crippen LogP contribution in [-0.2, 0) is 13.0 Å². The maximum Gasteiger partial charge on any atom is 0.259 e. The number of anilines is 2. The molecule has 10 heteroatoms. The van der Waals surface area contributed by atoms with Crippen molar-refractivity contribution in [3.8, 4) is 17.2 Å². The largest absolute Gasteiger partial charge is 0.365 e. The number of fused-ring (bicyclic) bond motifs is 3. The first-order valence-corrected chi connectivity index (χ1v) is 14.3. The van der Waals surface area contributed by atoms with Crippen LogP contribution < -0.4 is 10.2 Å². The molecule has 0 spiro atoms. The molecule has 1 N–H and O–H groups in total. The van der Waals surface area contributed by atoms with Crippen LogP contribution in [0.1, 0.15) is 66.1 Å². The van der Waals surface area contributed by atoms with E-state index in [1.807, 2.05) is 41.2 Å². The van der Waals surface area contributed by atoms with E-state index in [0.717, 1.165) is 47.7 Å². The summed E-state index contributed by atoms with van der Waals surface area (Å²) in [6.07, 6.45) is 6.71. The molecule has 212 valence electrons.